The Morgan fingerprint density at radius 1 is 0.943 bits per heavy atom. The molecule has 184 valence electrons. The minimum Gasteiger partial charge on any atom is -0.480 e. The van der Waals surface area contributed by atoms with Gasteiger partial charge in [-0.1, -0.05) is 17.7 Å². The number of anilines is 3. The number of carboxylic acids is 1. The zero-order valence-corrected chi connectivity index (χ0v) is 20.6. The molecule has 1 aliphatic heterocycles. The third-order valence-electron chi connectivity index (χ3n) is 8.83. The van der Waals surface area contributed by atoms with E-state index in [1.165, 1.54) is 49.0 Å². The van der Waals surface area contributed by atoms with Gasteiger partial charge < -0.3 is 20.6 Å². The van der Waals surface area contributed by atoms with E-state index in [1.807, 2.05) is 24.3 Å². The summed E-state index contributed by atoms with van der Waals surface area (Å²) in [7, 11) is 0. The molecule has 35 heavy (non-hydrogen) atoms. The van der Waals surface area contributed by atoms with Crippen LogP contribution < -0.4 is 10.6 Å². The lowest BCUT2D eigenvalue weighted by Gasteiger charge is -2.57. The monoisotopic (exact) mass is 493 g/mol. The molecule has 1 atom stereocenters. The lowest BCUT2D eigenvalue weighted by Crippen LogP contribution is -2.48. The maximum absolute atomic E-state index is 12.5. The standard InChI is InChI=1S/C28H32ClN3O3/c29-23-13-20(28-14-17-10-18(15-28)12-19(11-17)16-28)3-8-24(23)30-21-4-6-22(7-5-21)31-27(35)32-9-1-2-25(32)26(33)34/h3-8,13,17-19,25,30H,1-2,9-12,14-16H2,(H,31,35)(H,33,34)/t17?,18?,19?,25-,28?/m0/s1. The van der Waals surface area contributed by atoms with Crippen molar-refractivity contribution in [1.29, 1.82) is 0 Å². The number of carbonyl (C=O) groups is 2. The molecule has 2 aromatic carbocycles. The second-order valence-electron chi connectivity index (χ2n) is 11.2. The summed E-state index contributed by atoms with van der Waals surface area (Å²) in [4.78, 5) is 25.3. The van der Waals surface area contributed by atoms with Crippen LogP contribution in [-0.4, -0.2) is 34.6 Å². The number of urea groups is 1. The van der Waals surface area contributed by atoms with Gasteiger partial charge in [-0.05, 0) is 116 Å². The predicted octanol–water partition coefficient (Wildman–Crippen LogP) is 6.63. The fourth-order valence-corrected chi connectivity index (χ4v) is 7.89. The van der Waals surface area contributed by atoms with E-state index >= 15 is 0 Å². The highest BCUT2D eigenvalue weighted by atomic mass is 35.5. The molecule has 5 fully saturated rings. The van der Waals surface area contributed by atoms with Crippen molar-refractivity contribution in [3.05, 3.63) is 53.1 Å². The van der Waals surface area contributed by atoms with E-state index in [9.17, 15) is 14.7 Å². The number of nitrogens with one attached hydrogen (secondary N) is 2. The topological polar surface area (TPSA) is 81.7 Å². The minimum atomic E-state index is -0.955. The number of nitrogens with zero attached hydrogens (tertiary/aromatic N) is 1. The Kier molecular flexibility index (Phi) is 5.67. The summed E-state index contributed by atoms with van der Waals surface area (Å²) in [5, 5.41) is 16.3. The second-order valence-corrected chi connectivity index (χ2v) is 11.6. The molecule has 0 aromatic heterocycles. The van der Waals surface area contributed by atoms with Gasteiger partial charge in [-0.2, -0.15) is 0 Å². The fraction of sp³-hybridized carbons (Fsp3) is 0.500. The predicted molar refractivity (Wildman–Crippen MR) is 137 cm³/mol. The van der Waals surface area contributed by atoms with Crippen LogP contribution in [0.2, 0.25) is 5.02 Å². The second kappa shape index (κ2) is 8.74. The smallest absolute Gasteiger partial charge is 0.326 e. The molecule has 0 unspecified atom stereocenters. The van der Waals surface area contributed by atoms with Crippen molar-refractivity contribution in [2.75, 3.05) is 17.2 Å². The third-order valence-corrected chi connectivity index (χ3v) is 9.15. The molecule has 6 nitrogen and oxygen atoms in total. The zero-order valence-electron chi connectivity index (χ0n) is 19.8. The van der Waals surface area contributed by atoms with Crippen LogP contribution >= 0.6 is 11.6 Å². The van der Waals surface area contributed by atoms with E-state index < -0.39 is 12.0 Å². The molecule has 0 spiro atoms. The molecule has 2 amide bonds. The van der Waals surface area contributed by atoms with Crippen molar-refractivity contribution >= 4 is 40.7 Å². The maximum Gasteiger partial charge on any atom is 0.326 e. The van der Waals surface area contributed by atoms with Crippen LogP contribution in [0.4, 0.5) is 21.9 Å². The first kappa shape index (κ1) is 22.7. The van der Waals surface area contributed by atoms with Crippen molar-refractivity contribution in [3.63, 3.8) is 0 Å². The number of benzene rings is 2. The molecular weight excluding hydrogens is 462 g/mol. The van der Waals surface area contributed by atoms with E-state index in [0.29, 0.717) is 30.5 Å². The number of hydrogen-bond acceptors (Lipinski definition) is 3. The molecule has 4 saturated carbocycles. The van der Waals surface area contributed by atoms with Crippen LogP contribution in [0.25, 0.3) is 0 Å². The molecular formula is C28H32ClN3O3. The number of amides is 2. The van der Waals surface area contributed by atoms with E-state index in [1.54, 1.807) is 0 Å². The summed E-state index contributed by atoms with van der Waals surface area (Å²) in [5.74, 6) is 1.75. The Bertz CT molecular complexity index is 1110. The van der Waals surface area contributed by atoms with E-state index in [0.717, 1.165) is 34.2 Å². The highest BCUT2D eigenvalue weighted by Gasteiger charge is 2.51. The van der Waals surface area contributed by atoms with Crippen LogP contribution in [0.15, 0.2) is 42.5 Å². The molecule has 1 heterocycles. The lowest BCUT2D eigenvalue weighted by atomic mass is 9.48. The third kappa shape index (κ3) is 4.26. The van der Waals surface area contributed by atoms with E-state index in [2.05, 4.69) is 28.8 Å². The van der Waals surface area contributed by atoms with E-state index in [4.69, 9.17) is 11.6 Å². The van der Waals surface area contributed by atoms with Crippen LogP contribution in [0.5, 0.6) is 0 Å². The number of carboxylic acid groups (broad SMARTS) is 1. The van der Waals surface area contributed by atoms with Crippen LogP contribution in [-0.2, 0) is 10.2 Å². The summed E-state index contributed by atoms with van der Waals surface area (Å²) in [5.41, 5.74) is 4.10. The maximum atomic E-state index is 12.5. The molecule has 4 aliphatic carbocycles. The number of aliphatic carboxylic acids is 1. The minimum absolute atomic E-state index is 0.325. The van der Waals surface area contributed by atoms with Crippen LogP contribution in [0.3, 0.4) is 0 Å². The molecule has 5 aliphatic rings. The average molecular weight is 494 g/mol. The van der Waals surface area contributed by atoms with Gasteiger partial charge in [0.2, 0.25) is 0 Å². The van der Waals surface area contributed by atoms with Crippen LogP contribution in [0, 0.1) is 17.8 Å². The van der Waals surface area contributed by atoms with Crippen molar-refractivity contribution in [2.24, 2.45) is 17.8 Å². The Morgan fingerprint density at radius 3 is 2.17 bits per heavy atom. The van der Waals surface area contributed by atoms with Gasteiger partial charge in [0.1, 0.15) is 6.04 Å². The quantitative estimate of drug-likeness (QED) is 0.436. The summed E-state index contributed by atoms with van der Waals surface area (Å²) in [6.07, 6.45) is 9.45. The number of halogens is 1. The van der Waals surface area contributed by atoms with E-state index in [-0.39, 0.29) is 6.03 Å². The number of hydrogen-bond donors (Lipinski definition) is 3. The Morgan fingerprint density at radius 2 is 1.57 bits per heavy atom. The summed E-state index contributed by atoms with van der Waals surface area (Å²) >= 11 is 6.76. The summed E-state index contributed by atoms with van der Waals surface area (Å²) < 4.78 is 0. The Balaban J connectivity index is 1.12. The van der Waals surface area contributed by atoms with Gasteiger partial charge in [0.15, 0.2) is 0 Å². The Hall–Kier alpha value is -2.73. The first-order valence-corrected chi connectivity index (χ1v) is 13.2. The molecule has 7 rings (SSSR count). The van der Waals surface area contributed by atoms with Gasteiger partial charge in [-0.25, -0.2) is 9.59 Å². The summed E-state index contributed by atoms with van der Waals surface area (Å²) in [6.45, 7) is 0.459. The number of rotatable bonds is 5. The van der Waals surface area contributed by atoms with Gasteiger partial charge in [0.25, 0.3) is 0 Å². The first-order chi connectivity index (χ1) is 16.9. The van der Waals surface area contributed by atoms with Gasteiger partial charge in [0.05, 0.1) is 10.7 Å². The molecule has 4 bridgehead atoms. The SMILES string of the molecule is O=C(O)[C@@H]1CCCN1C(=O)Nc1ccc(Nc2ccc(C34CC5CC(CC(C5)C3)C4)cc2Cl)cc1. The Labute approximate surface area is 211 Å². The average Bonchev–Trinajstić information content (AvgIpc) is 3.31. The normalized spacial score (nSPS) is 30.9. The molecule has 7 heteroatoms. The van der Waals surface area contributed by atoms with Crippen LogP contribution in [0.1, 0.15) is 56.9 Å². The largest absolute Gasteiger partial charge is 0.480 e. The highest BCUT2D eigenvalue weighted by molar-refractivity contribution is 6.33. The first-order valence-electron chi connectivity index (χ1n) is 12.9. The molecule has 1 saturated heterocycles. The number of carbonyl (C=O) groups excluding carboxylic acids is 1. The van der Waals surface area contributed by atoms with Gasteiger partial charge in [-0.3, -0.25) is 0 Å². The van der Waals surface area contributed by atoms with Crippen molar-refractivity contribution < 1.29 is 14.7 Å². The van der Waals surface area contributed by atoms with Crippen molar-refractivity contribution in [2.45, 2.75) is 62.8 Å². The number of likely N-dealkylation sites (tertiary alicyclic amines) is 1. The van der Waals surface area contributed by atoms with Gasteiger partial charge >= 0.3 is 12.0 Å². The lowest BCUT2D eigenvalue weighted by molar-refractivity contribution is -0.141. The molecule has 0 radical (unpaired) electrons. The van der Waals surface area contributed by atoms with Gasteiger partial charge in [0, 0.05) is 17.9 Å². The fourth-order valence-electron chi connectivity index (χ4n) is 7.66. The zero-order chi connectivity index (χ0) is 24.2. The molecule has 2 aromatic rings. The molecule has 3 N–H and O–H groups in total. The van der Waals surface area contributed by atoms with Crippen molar-refractivity contribution in [3.8, 4) is 0 Å². The highest BCUT2D eigenvalue weighted by Crippen LogP contribution is 2.61. The van der Waals surface area contributed by atoms with Crippen molar-refractivity contribution in [1.82, 2.24) is 4.90 Å². The van der Waals surface area contributed by atoms with Gasteiger partial charge in [-0.15, -0.1) is 0 Å². The summed E-state index contributed by atoms with van der Waals surface area (Å²) in [6, 6.07) is 12.8.